The zero-order chi connectivity index (χ0) is 21.6. The van der Waals surface area contributed by atoms with Crippen LogP contribution in [0.3, 0.4) is 0 Å². The molecule has 0 radical (unpaired) electrons. The van der Waals surface area contributed by atoms with Crippen molar-refractivity contribution in [2.75, 3.05) is 19.6 Å². The van der Waals surface area contributed by atoms with Crippen LogP contribution in [0.15, 0.2) is 10.6 Å². The molecule has 4 aliphatic rings. The van der Waals surface area contributed by atoms with E-state index >= 15 is 0 Å². The van der Waals surface area contributed by atoms with E-state index < -0.39 is 18.0 Å². The maximum absolute atomic E-state index is 12.5. The second-order valence-corrected chi connectivity index (χ2v) is 11.2. The Labute approximate surface area is 184 Å². The Morgan fingerprint density at radius 3 is 2.47 bits per heavy atom. The van der Waals surface area contributed by atoms with E-state index in [1.54, 1.807) is 18.7 Å². The Kier molecular flexibility index (Phi) is 6.52. The van der Waals surface area contributed by atoms with Crippen LogP contribution in [0.2, 0.25) is 0 Å². The fourth-order valence-corrected chi connectivity index (χ4v) is 7.62. The molecule has 0 bridgehead atoms. The minimum absolute atomic E-state index is 0.0308. The molecule has 0 aromatic carbocycles. The quantitative estimate of drug-likeness (QED) is 0.597. The van der Waals surface area contributed by atoms with Crippen LogP contribution in [0.25, 0.3) is 0 Å². The first-order chi connectivity index (χ1) is 14.3. The molecule has 0 spiro atoms. The lowest BCUT2D eigenvalue weighted by molar-refractivity contribution is -0.163. The number of carbonyl (C=O) groups is 2. The molecule has 0 aromatic rings. The molecule has 168 valence electrons. The van der Waals surface area contributed by atoms with Crippen LogP contribution in [0.5, 0.6) is 0 Å². The summed E-state index contributed by atoms with van der Waals surface area (Å²) < 4.78 is 0. The zero-order valence-corrected chi connectivity index (χ0v) is 19.2. The smallest absolute Gasteiger partial charge is 0.353 e. The van der Waals surface area contributed by atoms with E-state index in [1.807, 2.05) is 6.92 Å². The highest BCUT2D eigenvalue weighted by molar-refractivity contribution is 8.03. The number of carbonyl (C=O) groups excluding carboxylic acids is 1. The van der Waals surface area contributed by atoms with Crippen LogP contribution in [-0.2, 0) is 9.59 Å². The molecular weight excluding hydrogens is 400 g/mol. The normalized spacial score (nSPS) is 38.0. The molecule has 0 aromatic heterocycles. The molecule has 7 heteroatoms. The average molecular weight is 437 g/mol. The first-order valence-electron chi connectivity index (χ1n) is 11.7. The van der Waals surface area contributed by atoms with E-state index in [2.05, 4.69) is 11.8 Å². The van der Waals surface area contributed by atoms with Gasteiger partial charge in [-0.1, -0.05) is 33.1 Å². The third-order valence-corrected chi connectivity index (χ3v) is 9.43. The lowest BCUT2D eigenvalue weighted by Gasteiger charge is -2.46. The average Bonchev–Trinajstić information content (AvgIpc) is 3.23. The Hall–Kier alpha value is -1.05. The van der Waals surface area contributed by atoms with Gasteiger partial charge in [-0.25, -0.2) is 4.79 Å². The van der Waals surface area contributed by atoms with Crippen molar-refractivity contribution >= 4 is 23.6 Å². The van der Waals surface area contributed by atoms with Crippen LogP contribution in [0.1, 0.15) is 59.3 Å². The second-order valence-electron chi connectivity index (χ2n) is 9.86. The lowest BCUT2D eigenvalue weighted by Crippen LogP contribution is -2.63. The van der Waals surface area contributed by atoms with Gasteiger partial charge in [-0.15, -0.1) is 11.8 Å². The summed E-state index contributed by atoms with van der Waals surface area (Å²) in [5.41, 5.74) is 0.163. The van der Waals surface area contributed by atoms with Gasteiger partial charge >= 0.3 is 5.97 Å². The number of aliphatic hydroxyl groups is 1. The minimum Gasteiger partial charge on any atom is -0.477 e. The van der Waals surface area contributed by atoms with Crippen molar-refractivity contribution in [2.45, 2.75) is 76.7 Å². The standard InChI is InChI=1S/C23H36N2O4S/c1-4-15-5-7-16(8-6-15)11-24-10-9-17(12-24)30-21-13(2)19-18(14(3)26)22(27)25(19)20(21)23(28)29/h13-19,26H,4-12H2,1-3H3,(H,28,29)/t13-,14-,15?,16?,17-,18-,19-/m1/s1. The van der Waals surface area contributed by atoms with Crippen molar-refractivity contribution in [2.24, 2.45) is 23.7 Å². The first kappa shape index (κ1) is 22.2. The number of aliphatic carboxylic acids is 1. The van der Waals surface area contributed by atoms with Crippen LogP contribution in [-0.4, -0.2) is 68.9 Å². The summed E-state index contributed by atoms with van der Waals surface area (Å²) in [4.78, 5) is 29.3. The molecule has 1 saturated carbocycles. The summed E-state index contributed by atoms with van der Waals surface area (Å²) in [7, 11) is 0. The highest BCUT2D eigenvalue weighted by atomic mass is 32.2. The molecule has 1 aliphatic carbocycles. The van der Waals surface area contributed by atoms with Crippen LogP contribution < -0.4 is 0 Å². The van der Waals surface area contributed by atoms with Gasteiger partial charge in [0, 0.05) is 29.2 Å². The highest BCUT2D eigenvalue weighted by Gasteiger charge is 2.60. The number of carboxylic acid groups (broad SMARTS) is 1. The van der Waals surface area contributed by atoms with Gasteiger partial charge in [-0.3, -0.25) is 4.79 Å². The van der Waals surface area contributed by atoms with Gasteiger partial charge in [-0.2, -0.15) is 0 Å². The lowest BCUT2D eigenvalue weighted by atomic mass is 9.79. The molecule has 3 fully saturated rings. The predicted molar refractivity (Wildman–Crippen MR) is 118 cm³/mol. The van der Waals surface area contributed by atoms with Crippen molar-refractivity contribution < 1.29 is 19.8 Å². The largest absolute Gasteiger partial charge is 0.477 e. The topological polar surface area (TPSA) is 81.1 Å². The van der Waals surface area contributed by atoms with E-state index in [4.69, 9.17) is 0 Å². The number of amides is 1. The molecule has 6 nitrogen and oxygen atoms in total. The van der Waals surface area contributed by atoms with E-state index in [1.165, 1.54) is 43.5 Å². The van der Waals surface area contributed by atoms with E-state index in [0.717, 1.165) is 36.3 Å². The molecule has 5 atom stereocenters. The van der Waals surface area contributed by atoms with Crippen molar-refractivity contribution in [3.05, 3.63) is 10.6 Å². The van der Waals surface area contributed by atoms with Crippen molar-refractivity contribution in [1.82, 2.24) is 9.80 Å². The Balaban J connectivity index is 1.37. The monoisotopic (exact) mass is 436 g/mol. The maximum Gasteiger partial charge on any atom is 0.353 e. The van der Waals surface area contributed by atoms with Crippen LogP contribution in [0.4, 0.5) is 0 Å². The number of β-lactam (4-membered cyclic amide) rings is 1. The molecule has 0 unspecified atom stereocenters. The number of nitrogens with zero attached hydrogens (tertiary/aromatic N) is 2. The number of rotatable bonds is 7. The Morgan fingerprint density at radius 2 is 1.87 bits per heavy atom. The number of aliphatic hydroxyl groups excluding tert-OH is 1. The van der Waals surface area contributed by atoms with Gasteiger partial charge in [0.05, 0.1) is 18.1 Å². The number of fused-ring (bicyclic) bond motifs is 1. The van der Waals surface area contributed by atoms with Gasteiger partial charge in [0.2, 0.25) is 5.91 Å². The number of hydrogen-bond donors (Lipinski definition) is 2. The zero-order valence-electron chi connectivity index (χ0n) is 18.4. The molecule has 1 amide bonds. The summed E-state index contributed by atoms with van der Waals surface area (Å²) in [5, 5.41) is 20.2. The van der Waals surface area contributed by atoms with Crippen molar-refractivity contribution in [3.8, 4) is 0 Å². The van der Waals surface area contributed by atoms with Gasteiger partial charge in [0.15, 0.2) is 0 Å². The number of likely N-dealkylation sites (tertiary alicyclic amines) is 1. The molecule has 4 rings (SSSR count). The van der Waals surface area contributed by atoms with Gasteiger partial charge in [-0.05, 0) is 44.6 Å². The van der Waals surface area contributed by atoms with Crippen LogP contribution in [0, 0.1) is 23.7 Å². The van der Waals surface area contributed by atoms with E-state index in [-0.39, 0.29) is 23.6 Å². The highest BCUT2D eigenvalue weighted by Crippen LogP contribution is 2.52. The Morgan fingerprint density at radius 1 is 1.20 bits per heavy atom. The van der Waals surface area contributed by atoms with Crippen LogP contribution >= 0.6 is 11.8 Å². The number of thioether (sulfide) groups is 1. The minimum atomic E-state index is -1.02. The van der Waals surface area contributed by atoms with Crippen molar-refractivity contribution in [1.29, 1.82) is 0 Å². The molecular formula is C23H36N2O4S. The third-order valence-electron chi connectivity index (χ3n) is 7.89. The SMILES string of the molecule is CCC1CCC(CN2CC[C@@H](SC3=C(C(=O)O)N4C(=O)[C@H]([C@@H](C)O)[C@H]4[C@H]3C)C2)CC1. The third kappa shape index (κ3) is 3.93. The summed E-state index contributed by atoms with van der Waals surface area (Å²) in [6.07, 6.45) is 7.06. The van der Waals surface area contributed by atoms with E-state index in [9.17, 15) is 19.8 Å². The summed E-state index contributed by atoms with van der Waals surface area (Å²) in [6, 6.07) is -0.211. The fraction of sp³-hybridized carbons (Fsp3) is 0.826. The predicted octanol–water partition coefficient (Wildman–Crippen LogP) is 3.16. The summed E-state index contributed by atoms with van der Waals surface area (Å²) in [5.74, 6) is -0.0473. The summed E-state index contributed by atoms with van der Waals surface area (Å²) >= 11 is 1.67. The summed E-state index contributed by atoms with van der Waals surface area (Å²) in [6.45, 7) is 9.19. The molecule has 3 aliphatic heterocycles. The first-order valence-corrected chi connectivity index (χ1v) is 12.6. The maximum atomic E-state index is 12.5. The molecule has 2 saturated heterocycles. The van der Waals surface area contributed by atoms with Crippen molar-refractivity contribution in [3.63, 3.8) is 0 Å². The van der Waals surface area contributed by atoms with Gasteiger partial charge in [0.25, 0.3) is 0 Å². The van der Waals surface area contributed by atoms with E-state index in [0.29, 0.717) is 5.25 Å². The van der Waals surface area contributed by atoms with Gasteiger partial charge in [0.1, 0.15) is 5.70 Å². The second kappa shape index (κ2) is 8.83. The molecule has 30 heavy (non-hydrogen) atoms. The van der Waals surface area contributed by atoms with Gasteiger partial charge < -0.3 is 20.0 Å². The number of carboxylic acids is 1. The molecule has 2 N–H and O–H groups in total. The number of hydrogen-bond acceptors (Lipinski definition) is 5. The fourth-order valence-electron chi connectivity index (χ4n) is 6.10. The molecule has 3 heterocycles. The Bertz CT molecular complexity index is 716.